The van der Waals surface area contributed by atoms with Crippen LogP contribution in [-0.4, -0.2) is 54.9 Å². The highest BCUT2D eigenvalue weighted by Crippen LogP contribution is 2.45. The summed E-state index contributed by atoms with van der Waals surface area (Å²) in [7, 11) is 1.68. The number of hydrogen-bond donors (Lipinski definition) is 0. The molecular weight excluding hydrogens is 368 g/mol. The number of nitrogens with zero attached hydrogens (tertiary/aromatic N) is 2. The van der Waals surface area contributed by atoms with Crippen LogP contribution in [0.2, 0.25) is 0 Å². The number of carbonyl (C=O) groups is 2. The van der Waals surface area contributed by atoms with Crippen LogP contribution in [0, 0.1) is 12.8 Å². The van der Waals surface area contributed by atoms with E-state index in [1.165, 1.54) is 24.7 Å². The molecule has 1 aromatic carbocycles. The van der Waals surface area contributed by atoms with Crippen molar-refractivity contribution < 1.29 is 18.7 Å². The van der Waals surface area contributed by atoms with E-state index in [0.717, 1.165) is 11.3 Å². The van der Waals surface area contributed by atoms with Crippen LogP contribution >= 0.6 is 0 Å². The number of ether oxygens (including phenoxy) is 1. The molecule has 2 heterocycles. The Kier molecular flexibility index (Phi) is 5.60. The maximum atomic E-state index is 13.0. The van der Waals surface area contributed by atoms with Crippen LogP contribution in [0.1, 0.15) is 46.9 Å². The average molecular weight is 396 g/mol. The number of rotatable bonds is 6. The summed E-state index contributed by atoms with van der Waals surface area (Å²) in [5.74, 6) is 2.16. The van der Waals surface area contributed by atoms with Crippen molar-refractivity contribution in [3.05, 3.63) is 53.5 Å². The number of aryl methyl sites for hydroxylation is 1. The van der Waals surface area contributed by atoms with E-state index in [0.29, 0.717) is 44.3 Å². The zero-order valence-corrected chi connectivity index (χ0v) is 17.1. The minimum atomic E-state index is -0.105. The highest BCUT2D eigenvalue weighted by atomic mass is 16.5. The molecule has 1 saturated heterocycles. The summed E-state index contributed by atoms with van der Waals surface area (Å²) in [6.45, 7) is 4.28. The van der Waals surface area contributed by atoms with Gasteiger partial charge in [0.2, 0.25) is 5.91 Å². The number of benzene rings is 1. The van der Waals surface area contributed by atoms with E-state index in [1.54, 1.807) is 24.1 Å². The fourth-order valence-electron chi connectivity index (χ4n) is 4.22. The van der Waals surface area contributed by atoms with Gasteiger partial charge in [-0.2, -0.15) is 0 Å². The normalized spacial score (nSPS) is 17.9. The molecule has 2 aromatic rings. The molecule has 2 aliphatic rings. The predicted molar refractivity (Wildman–Crippen MR) is 109 cm³/mol. The molecule has 1 atom stereocenters. The van der Waals surface area contributed by atoms with E-state index in [9.17, 15) is 9.59 Å². The number of amides is 2. The van der Waals surface area contributed by atoms with Gasteiger partial charge >= 0.3 is 0 Å². The van der Waals surface area contributed by atoms with Crippen molar-refractivity contribution in [2.24, 2.45) is 5.92 Å². The Hall–Kier alpha value is -2.76. The molecule has 1 aliphatic heterocycles. The van der Waals surface area contributed by atoms with Gasteiger partial charge in [-0.1, -0.05) is 12.1 Å². The van der Waals surface area contributed by atoms with Gasteiger partial charge in [-0.05, 0) is 60.9 Å². The number of hydrogen-bond acceptors (Lipinski definition) is 4. The largest absolute Gasteiger partial charge is 0.496 e. The van der Waals surface area contributed by atoms with E-state index in [1.807, 2.05) is 17.9 Å². The van der Waals surface area contributed by atoms with Crippen LogP contribution in [-0.2, 0) is 4.79 Å². The molecule has 1 saturated carbocycles. The minimum absolute atomic E-state index is 0.105. The predicted octanol–water partition coefficient (Wildman–Crippen LogP) is 3.46. The van der Waals surface area contributed by atoms with Crippen molar-refractivity contribution in [1.29, 1.82) is 0 Å². The number of furan rings is 1. The summed E-state index contributed by atoms with van der Waals surface area (Å²) in [6, 6.07) is 9.66. The Morgan fingerprint density at radius 1 is 1.14 bits per heavy atom. The highest BCUT2D eigenvalue weighted by Gasteiger charge is 2.35. The zero-order valence-electron chi connectivity index (χ0n) is 17.1. The van der Waals surface area contributed by atoms with Gasteiger partial charge in [0, 0.05) is 32.6 Å². The van der Waals surface area contributed by atoms with Gasteiger partial charge in [0.25, 0.3) is 5.91 Å². The minimum Gasteiger partial charge on any atom is -0.496 e. The van der Waals surface area contributed by atoms with Gasteiger partial charge in [-0.25, -0.2) is 0 Å². The van der Waals surface area contributed by atoms with Gasteiger partial charge in [-0.3, -0.25) is 9.59 Å². The molecule has 1 unspecified atom stereocenters. The van der Waals surface area contributed by atoms with E-state index in [-0.39, 0.29) is 17.7 Å². The van der Waals surface area contributed by atoms with Crippen molar-refractivity contribution in [1.82, 2.24) is 9.80 Å². The van der Waals surface area contributed by atoms with Gasteiger partial charge in [-0.15, -0.1) is 0 Å². The summed E-state index contributed by atoms with van der Waals surface area (Å²) >= 11 is 0. The van der Waals surface area contributed by atoms with E-state index < -0.39 is 0 Å². The third-order valence-corrected chi connectivity index (χ3v) is 6.08. The molecular formula is C23H28N2O4. The molecule has 0 N–H and O–H groups in total. The van der Waals surface area contributed by atoms with Gasteiger partial charge in [0.1, 0.15) is 5.75 Å². The molecule has 1 aliphatic carbocycles. The van der Waals surface area contributed by atoms with Crippen LogP contribution in [0.5, 0.6) is 5.75 Å². The molecule has 6 nitrogen and oxygen atoms in total. The standard InChI is InChI=1S/C23H28N2O4/c1-16-14-18(7-8-20(16)28-2)19(17-5-6-17)15-22(26)24-9-11-25(12-10-24)23(27)21-4-3-13-29-21/h3-4,7-8,13-14,17,19H,5-6,9-12,15H2,1-2H3. The summed E-state index contributed by atoms with van der Waals surface area (Å²) in [5, 5.41) is 0. The van der Waals surface area contributed by atoms with Gasteiger partial charge in [0.15, 0.2) is 5.76 Å². The fraction of sp³-hybridized carbons (Fsp3) is 0.478. The van der Waals surface area contributed by atoms with E-state index in [4.69, 9.17) is 9.15 Å². The monoisotopic (exact) mass is 396 g/mol. The third kappa shape index (κ3) is 4.31. The first-order valence-electron chi connectivity index (χ1n) is 10.3. The molecule has 154 valence electrons. The fourth-order valence-corrected chi connectivity index (χ4v) is 4.22. The molecule has 0 radical (unpaired) electrons. The van der Waals surface area contributed by atoms with Crippen molar-refractivity contribution in [2.75, 3.05) is 33.3 Å². The lowest BCUT2D eigenvalue weighted by Crippen LogP contribution is -2.50. The van der Waals surface area contributed by atoms with Crippen LogP contribution in [0.3, 0.4) is 0 Å². The molecule has 29 heavy (non-hydrogen) atoms. The lowest BCUT2D eigenvalue weighted by Gasteiger charge is -2.35. The van der Waals surface area contributed by atoms with Crippen LogP contribution in [0.15, 0.2) is 41.0 Å². The molecule has 2 amide bonds. The highest BCUT2D eigenvalue weighted by molar-refractivity contribution is 5.91. The third-order valence-electron chi connectivity index (χ3n) is 6.08. The summed E-state index contributed by atoms with van der Waals surface area (Å²) in [5.41, 5.74) is 2.33. The Labute approximate surface area is 171 Å². The molecule has 4 rings (SSSR count). The second-order valence-electron chi connectivity index (χ2n) is 8.03. The first kappa shape index (κ1) is 19.6. The van der Waals surface area contributed by atoms with Crippen molar-refractivity contribution in [2.45, 2.75) is 32.1 Å². The van der Waals surface area contributed by atoms with Gasteiger partial charge < -0.3 is 19.0 Å². The van der Waals surface area contributed by atoms with E-state index >= 15 is 0 Å². The maximum Gasteiger partial charge on any atom is 0.289 e. The molecule has 1 aromatic heterocycles. The maximum absolute atomic E-state index is 13.0. The molecule has 0 bridgehead atoms. The topological polar surface area (TPSA) is 63.0 Å². The second kappa shape index (κ2) is 8.31. The SMILES string of the molecule is COc1ccc(C(CC(=O)N2CCN(C(=O)c3ccco3)CC2)C2CC2)cc1C. The second-order valence-corrected chi connectivity index (χ2v) is 8.03. The van der Waals surface area contributed by atoms with Crippen LogP contribution in [0.25, 0.3) is 0 Å². The van der Waals surface area contributed by atoms with Crippen molar-refractivity contribution in [3.8, 4) is 5.75 Å². The molecule has 6 heteroatoms. The summed E-state index contributed by atoms with van der Waals surface area (Å²) in [4.78, 5) is 29.1. The molecule has 0 spiro atoms. The lowest BCUT2D eigenvalue weighted by atomic mass is 9.89. The lowest BCUT2D eigenvalue weighted by molar-refractivity contribution is -0.133. The first-order valence-corrected chi connectivity index (χ1v) is 10.3. The Bertz CT molecular complexity index is 865. The Morgan fingerprint density at radius 2 is 1.86 bits per heavy atom. The smallest absolute Gasteiger partial charge is 0.289 e. The molecule has 2 fully saturated rings. The van der Waals surface area contributed by atoms with Crippen molar-refractivity contribution >= 4 is 11.8 Å². The van der Waals surface area contributed by atoms with Crippen LogP contribution < -0.4 is 4.74 Å². The zero-order chi connectivity index (χ0) is 20.4. The number of carbonyl (C=O) groups excluding carboxylic acids is 2. The Balaban J connectivity index is 1.37. The summed E-state index contributed by atoms with van der Waals surface area (Å²) < 4.78 is 10.6. The van der Waals surface area contributed by atoms with E-state index in [2.05, 4.69) is 12.1 Å². The Morgan fingerprint density at radius 3 is 2.45 bits per heavy atom. The average Bonchev–Trinajstić information content (AvgIpc) is 3.44. The van der Waals surface area contributed by atoms with Crippen LogP contribution in [0.4, 0.5) is 0 Å². The first-order chi connectivity index (χ1) is 14.1. The van der Waals surface area contributed by atoms with Crippen molar-refractivity contribution in [3.63, 3.8) is 0 Å². The number of methoxy groups -OCH3 is 1. The summed E-state index contributed by atoms with van der Waals surface area (Å²) in [6.07, 6.45) is 4.41. The quantitative estimate of drug-likeness (QED) is 0.750. The van der Waals surface area contributed by atoms with Gasteiger partial charge in [0.05, 0.1) is 13.4 Å². The number of piperazine rings is 1.